The van der Waals surface area contributed by atoms with Crippen LogP contribution in [-0.2, 0) is 6.54 Å². The second-order valence-electron chi connectivity index (χ2n) is 6.00. The minimum atomic E-state index is -0.189. The number of aryl methyl sites for hydroxylation is 1. The van der Waals surface area contributed by atoms with Crippen molar-refractivity contribution in [2.24, 2.45) is 0 Å². The van der Waals surface area contributed by atoms with Gasteiger partial charge in [0.15, 0.2) is 4.96 Å². The number of imidazole rings is 1. The van der Waals surface area contributed by atoms with E-state index in [2.05, 4.69) is 15.4 Å². The Balaban J connectivity index is 1.49. The smallest absolute Gasteiger partial charge is 0.266 e. The first-order chi connectivity index (χ1) is 13.1. The maximum Gasteiger partial charge on any atom is 0.266 e. The Morgan fingerprint density at radius 2 is 2.00 bits per heavy atom. The molecule has 1 N–H and O–H groups in total. The number of nitrogens with zero attached hydrogens (tertiary/aromatic N) is 4. The lowest BCUT2D eigenvalue weighted by atomic mass is 10.2. The molecule has 0 aliphatic carbocycles. The van der Waals surface area contributed by atoms with E-state index in [1.54, 1.807) is 12.3 Å². The van der Waals surface area contributed by atoms with Gasteiger partial charge in [-0.15, -0.1) is 0 Å². The molecule has 7 nitrogen and oxygen atoms in total. The fraction of sp³-hybridized carbons (Fsp3) is 0.158. The monoisotopic (exact) mass is 379 g/mol. The van der Waals surface area contributed by atoms with Gasteiger partial charge in [-0.3, -0.25) is 14.0 Å². The Hall–Kier alpha value is -3.26. The van der Waals surface area contributed by atoms with Gasteiger partial charge in [-0.2, -0.15) is 5.10 Å². The second kappa shape index (κ2) is 7.16. The molecule has 1 amide bonds. The van der Waals surface area contributed by atoms with E-state index in [0.717, 1.165) is 21.9 Å². The molecule has 0 bridgehead atoms. The van der Waals surface area contributed by atoms with E-state index in [4.69, 9.17) is 0 Å². The van der Waals surface area contributed by atoms with Crippen molar-refractivity contribution in [2.45, 2.75) is 13.5 Å². The van der Waals surface area contributed by atoms with Gasteiger partial charge >= 0.3 is 0 Å². The van der Waals surface area contributed by atoms with Crippen molar-refractivity contribution in [2.75, 3.05) is 6.54 Å². The summed E-state index contributed by atoms with van der Waals surface area (Å²) in [6.07, 6.45) is 3.49. The normalized spacial score (nSPS) is 11.0. The highest BCUT2D eigenvalue weighted by molar-refractivity contribution is 7.19. The molecule has 0 spiro atoms. The summed E-state index contributed by atoms with van der Waals surface area (Å²) in [5.41, 5.74) is 2.58. The minimum absolute atomic E-state index is 0.173. The van der Waals surface area contributed by atoms with Gasteiger partial charge in [-0.25, -0.2) is 9.67 Å². The number of hydrogen-bond donors (Lipinski definition) is 1. The van der Waals surface area contributed by atoms with Crippen LogP contribution in [0.25, 0.3) is 16.2 Å². The van der Waals surface area contributed by atoms with E-state index in [1.165, 1.54) is 22.1 Å². The molecule has 3 heterocycles. The first-order valence-electron chi connectivity index (χ1n) is 8.48. The Kier molecular flexibility index (Phi) is 4.55. The van der Waals surface area contributed by atoms with Crippen LogP contribution >= 0.6 is 11.3 Å². The van der Waals surface area contributed by atoms with Gasteiger partial charge in [0.05, 0.1) is 12.2 Å². The standard InChI is InChI=1S/C19H17N5O2S/c1-13-17(18(26)20-10-11-24-16(25)8-5-9-21-24)27-19-22-15(12-23(13)19)14-6-3-2-4-7-14/h2-9,12H,10-11H2,1H3,(H,20,26). The number of hydrogen-bond acceptors (Lipinski definition) is 5. The number of nitrogens with one attached hydrogen (secondary N) is 1. The van der Waals surface area contributed by atoms with E-state index < -0.39 is 0 Å². The van der Waals surface area contributed by atoms with Crippen molar-refractivity contribution in [3.05, 3.63) is 75.8 Å². The average Bonchev–Trinajstić information content (AvgIpc) is 3.24. The molecule has 0 saturated heterocycles. The van der Waals surface area contributed by atoms with Gasteiger partial charge in [0.2, 0.25) is 0 Å². The molecule has 0 unspecified atom stereocenters. The highest BCUT2D eigenvalue weighted by atomic mass is 32.1. The van der Waals surface area contributed by atoms with Crippen molar-refractivity contribution >= 4 is 22.2 Å². The first kappa shape index (κ1) is 17.2. The number of thiazole rings is 1. The van der Waals surface area contributed by atoms with E-state index in [-0.39, 0.29) is 11.5 Å². The van der Waals surface area contributed by atoms with Crippen molar-refractivity contribution in [3.8, 4) is 11.3 Å². The third kappa shape index (κ3) is 3.39. The first-order valence-corrected chi connectivity index (χ1v) is 9.29. The Bertz CT molecular complexity index is 1160. The Labute approximate surface area is 158 Å². The molecule has 0 radical (unpaired) electrons. The summed E-state index contributed by atoms with van der Waals surface area (Å²) >= 11 is 1.35. The number of rotatable bonds is 5. The molecule has 3 aromatic heterocycles. The number of amides is 1. The summed E-state index contributed by atoms with van der Waals surface area (Å²) in [7, 11) is 0. The Morgan fingerprint density at radius 1 is 1.19 bits per heavy atom. The molecule has 0 fully saturated rings. The fourth-order valence-corrected chi connectivity index (χ4v) is 3.85. The molecule has 0 aliphatic heterocycles. The summed E-state index contributed by atoms with van der Waals surface area (Å²) in [5, 5.41) is 6.81. The average molecular weight is 379 g/mol. The van der Waals surface area contributed by atoms with Crippen LogP contribution in [0.5, 0.6) is 0 Å². The van der Waals surface area contributed by atoms with Gasteiger partial charge in [-0.1, -0.05) is 41.7 Å². The zero-order chi connectivity index (χ0) is 18.8. The van der Waals surface area contributed by atoms with Gasteiger partial charge in [-0.05, 0) is 13.0 Å². The Morgan fingerprint density at radius 3 is 2.74 bits per heavy atom. The van der Waals surface area contributed by atoms with Gasteiger partial charge in [0.25, 0.3) is 11.5 Å². The van der Waals surface area contributed by atoms with Gasteiger partial charge in [0, 0.05) is 36.3 Å². The number of benzene rings is 1. The largest absolute Gasteiger partial charge is 0.349 e. The predicted octanol–water partition coefficient (Wildman–Crippen LogP) is 2.36. The van der Waals surface area contributed by atoms with E-state index in [0.29, 0.717) is 18.0 Å². The van der Waals surface area contributed by atoms with Crippen molar-refractivity contribution in [1.82, 2.24) is 24.5 Å². The molecular formula is C19H17N5O2S. The molecule has 1 aromatic carbocycles. The number of fused-ring (bicyclic) bond motifs is 1. The third-order valence-corrected chi connectivity index (χ3v) is 5.38. The second-order valence-corrected chi connectivity index (χ2v) is 6.98. The molecular weight excluding hydrogens is 362 g/mol. The fourth-order valence-electron chi connectivity index (χ4n) is 2.82. The lowest BCUT2D eigenvalue weighted by Gasteiger charge is -2.05. The lowest BCUT2D eigenvalue weighted by molar-refractivity contribution is 0.0955. The molecule has 0 aliphatic rings. The molecule has 4 rings (SSSR count). The number of aromatic nitrogens is 4. The molecule has 136 valence electrons. The summed E-state index contributed by atoms with van der Waals surface area (Å²) in [6.45, 7) is 2.55. The summed E-state index contributed by atoms with van der Waals surface area (Å²) in [5.74, 6) is -0.173. The predicted molar refractivity (Wildman–Crippen MR) is 104 cm³/mol. The van der Waals surface area contributed by atoms with Crippen molar-refractivity contribution < 1.29 is 4.79 Å². The van der Waals surface area contributed by atoms with Gasteiger partial charge in [0.1, 0.15) is 4.88 Å². The molecule has 8 heteroatoms. The van der Waals surface area contributed by atoms with Crippen LogP contribution in [0.15, 0.2) is 59.7 Å². The minimum Gasteiger partial charge on any atom is -0.349 e. The SMILES string of the molecule is Cc1c(C(=O)NCCn2ncccc2=O)sc2nc(-c3ccccc3)cn12. The zero-order valence-corrected chi connectivity index (χ0v) is 15.4. The number of carbonyl (C=O) groups excluding carboxylic acids is 1. The van der Waals surface area contributed by atoms with Crippen LogP contribution in [0.2, 0.25) is 0 Å². The van der Waals surface area contributed by atoms with Gasteiger partial charge < -0.3 is 5.32 Å². The van der Waals surface area contributed by atoms with Crippen LogP contribution in [0.1, 0.15) is 15.4 Å². The van der Waals surface area contributed by atoms with Crippen LogP contribution in [-0.4, -0.2) is 31.6 Å². The molecule has 27 heavy (non-hydrogen) atoms. The number of carbonyl (C=O) groups is 1. The van der Waals surface area contributed by atoms with Crippen LogP contribution in [0.4, 0.5) is 0 Å². The van der Waals surface area contributed by atoms with Crippen molar-refractivity contribution in [3.63, 3.8) is 0 Å². The third-order valence-electron chi connectivity index (χ3n) is 4.23. The van der Waals surface area contributed by atoms with Crippen molar-refractivity contribution in [1.29, 1.82) is 0 Å². The summed E-state index contributed by atoms with van der Waals surface area (Å²) in [4.78, 5) is 30.2. The van der Waals surface area contributed by atoms with Crippen LogP contribution in [0.3, 0.4) is 0 Å². The van der Waals surface area contributed by atoms with Crippen LogP contribution in [0, 0.1) is 6.92 Å². The lowest BCUT2D eigenvalue weighted by Crippen LogP contribution is -2.31. The van der Waals surface area contributed by atoms with Crippen LogP contribution < -0.4 is 10.9 Å². The molecule has 0 atom stereocenters. The quantitative estimate of drug-likeness (QED) is 0.577. The maximum absolute atomic E-state index is 12.5. The topological polar surface area (TPSA) is 81.3 Å². The van der Waals surface area contributed by atoms with E-state index >= 15 is 0 Å². The van der Waals surface area contributed by atoms with E-state index in [1.807, 2.05) is 47.9 Å². The summed E-state index contributed by atoms with van der Waals surface area (Å²) < 4.78 is 3.26. The molecule has 4 aromatic rings. The molecule has 0 saturated carbocycles. The zero-order valence-electron chi connectivity index (χ0n) is 14.6. The summed E-state index contributed by atoms with van der Waals surface area (Å²) in [6, 6.07) is 13.0. The highest BCUT2D eigenvalue weighted by Crippen LogP contribution is 2.26. The highest BCUT2D eigenvalue weighted by Gasteiger charge is 2.17. The van der Waals surface area contributed by atoms with E-state index in [9.17, 15) is 9.59 Å². The maximum atomic E-state index is 12.5.